The van der Waals surface area contributed by atoms with Crippen molar-refractivity contribution in [3.05, 3.63) is 38.2 Å². The molecule has 0 aliphatic heterocycles. The summed E-state index contributed by atoms with van der Waals surface area (Å²) in [6, 6.07) is 1.42. The second-order valence-corrected chi connectivity index (χ2v) is 4.58. The molecule has 20 heavy (non-hydrogen) atoms. The largest absolute Gasteiger partial charge is 0.360 e. The molecule has 4 N–H and O–H groups in total. The van der Waals surface area contributed by atoms with Crippen LogP contribution in [-0.2, 0) is 12.8 Å². The molecular weight excluding hydrogens is 288 g/mol. The van der Waals surface area contributed by atoms with Gasteiger partial charge in [-0.05, 0) is 0 Å². The highest BCUT2D eigenvalue weighted by atomic mass is 32.2. The van der Waals surface area contributed by atoms with Crippen molar-refractivity contribution in [2.24, 2.45) is 12.9 Å². The van der Waals surface area contributed by atoms with Crippen LogP contribution in [0.2, 0.25) is 0 Å². The van der Waals surface area contributed by atoms with Crippen molar-refractivity contribution < 1.29 is 9.32 Å². The molecule has 106 valence electrons. The first kappa shape index (κ1) is 14.0. The van der Waals surface area contributed by atoms with Crippen molar-refractivity contribution in [1.29, 1.82) is 0 Å². The first-order chi connectivity index (χ1) is 9.51. The van der Waals surface area contributed by atoms with Crippen LogP contribution in [0.25, 0.3) is 0 Å². The van der Waals surface area contributed by atoms with Crippen LogP contribution in [0.5, 0.6) is 0 Å². The van der Waals surface area contributed by atoms with E-state index >= 15 is 0 Å². The zero-order chi connectivity index (χ0) is 14.7. The first-order valence-corrected chi connectivity index (χ1v) is 6.26. The number of aromatic amines is 1. The van der Waals surface area contributed by atoms with Gasteiger partial charge in [0.2, 0.25) is 0 Å². The molecule has 0 saturated heterocycles. The lowest BCUT2D eigenvalue weighted by atomic mass is 10.4. The molecular formula is C9H10N6O4S. The standard InChI is InChI=1S/C9H10N6O4S/c1-15-9(11-7(17)8(18)13-15)20-3-4-2-5(14-19-4)6(16)12-10/h2H,3,10H2,1H3,(H,12,16)(H,13,18). The molecule has 10 nitrogen and oxygen atoms in total. The van der Waals surface area contributed by atoms with Crippen molar-refractivity contribution in [2.45, 2.75) is 10.9 Å². The van der Waals surface area contributed by atoms with Gasteiger partial charge >= 0.3 is 11.1 Å². The summed E-state index contributed by atoms with van der Waals surface area (Å²) in [4.78, 5) is 37.0. The number of hydrazine groups is 1. The number of nitrogens with one attached hydrogen (secondary N) is 2. The molecule has 11 heteroatoms. The number of aromatic nitrogens is 4. The maximum absolute atomic E-state index is 11.2. The number of nitrogens with two attached hydrogens (primary N) is 1. The monoisotopic (exact) mass is 298 g/mol. The highest BCUT2D eigenvalue weighted by molar-refractivity contribution is 7.98. The Bertz CT molecular complexity index is 747. The fourth-order valence-electron chi connectivity index (χ4n) is 1.29. The van der Waals surface area contributed by atoms with Gasteiger partial charge in [0, 0.05) is 13.1 Å². The smallest absolute Gasteiger partial charge is 0.339 e. The highest BCUT2D eigenvalue weighted by Gasteiger charge is 2.12. The Balaban J connectivity index is 2.11. The van der Waals surface area contributed by atoms with Gasteiger partial charge in [0.1, 0.15) is 5.76 Å². The summed E-state index contributed by atoms with van der Waals surface area (Å²) < 4.78 is 6.25. The number of aryl methyl sites for hydroxylation is 1. The fourth-order valence-corrected chi connectivity index (χ4v) is 2.08. The van der Waals surface area contributed by atoms with Gasteiger partial charge in [0.15, 0.2) is 10.9 Å². The predicted octanol–water partition coefficient (Wildman–Crippen LogP) is -1.65. The molecule has 0 fully saturated rings. The predicted molar refractivity (Wildman–Crippen MR) is 67.8 cm³/mol. The molecule has 0 spiro atoms. The second kappa shape index (κ2) is 5.71. The molecule has 0 bridgehead atoms. The van der Waals surface area contributed by atoms with Gasteiger partial charge in [-0.25, -0.2) is 5.84 Å². The van der Waals surface area contributed by atoms with Crippen molar-refractivity contribution in [1.82, 2.24) is 25.3 Å². The van der Waals surface area contributed by atoms with Crippen molar-refractivity contribution >= 4 is 17.7 Å². The number of nitrogens with zero attached hydrogens (tertiary/aromatic N) is 3. The Labute approximate surface area is 115 Å². The molecule has 2 aromatic rings. The van der Waals surface area contributed by atoms with Gasteiger partial charge in [-0.1, -0.05) is 16.9 Å². The molecule has 0 atom stereocenters. The van der Waals surface area contributed by atoms with E-state index in [1.165, 1.54) is 10.7 Å². The van der Waals surface area contributed by atoms with E-state index in [1.54, 1.807) is 7.05 Å². The van der Waals surface area contributed by atoms with Crippen molar-refractivity contribution in [3.63, 3.8) is 0 Å². The van der Waals surface area contributed by atoms with E-state index in [4.69, 9.17) is 10.4 Å². The molecule has 0 unspecified atom stereocenters. The molecule has 1 amide bonds. The first-order valence-electron chi connectivity index (χ1n) is 5.28. The van der Waals surface area contributed by atoms with Gasteiger partial charge in [0.25, 0.3) is 5.91 Å². The number of carbonyl (C=O) groups excluding carboxylic acids is 1. The van der Waals surface area contributed by atoms with Crippen LogP contribution >= 0.6 is 11.8 Å². The maximum atomic E-state index is 11.2. The van der Waals surface area contributed by atoms with Crippen LogP contribution in [0.1, 0.15) is 16.2 Å². The van der Waals surface area contributed by atoms with Crippen LogP contribution in [0, 0.1) is 0 Å². The summed E-state index contributed by atoms with van der Waals surface area (Å²) in [6.45, 7) is 0. The second-order valence-electron chi connectivity index (χ2n) is 3.64. The summed E-state index contributed by atoms with van der Waals surface area (Å²) in [6.07, 6.45) is 0. The lowest BCUT2D eigenvalue weighted by Crippen LogP contribution is -2.33. The molecule has 2 aromatic heterocycles. The van der Waals surface area contributed by atoms with Crippen LogP contribution in [0.15, 0.2) is 25.3 Å². The molecule has 0 saturated carbocycles. The molecule has 2 rings (SSSR count). The summed E-state index contributed by atoms with van der Waals surface area (Å²) in [5.41, 5.74) is 0.311. The van der Waals surface area contributed by atoms with E-state index in [9.17, 15) is 14.4 Å². The minimum Gasteiger partial charge on any atom is -0.360 e. The van der Waals surface area contributed by atoms with Gasteiger partial charge in [-0.3, -0.25) is 29.6 Å². The molecule has 0 aromatic carbocycles. The number of H-pyrrole nitrogens is 1. The van der Waals surface area contributed by atoms with Gasteiger partial charge in [-0.2, -0.15) is 4.98 Å². The summed E-state index contributed by atoms with van der Waals surface area (Å²) in [7, 11) is 1.55. The topological polar surface area (TPSA) is 149 Å². The SMILES string of the molecule is Cn1[nH]c(=O)c(=O)nc1SCc1cc(C(=O)NN)no1. The number of hydrogen-bond acceptors (Lipinski definition) is 8. The Morgan fingerprint density at radius 3 is 3.05 bits per heavy atom. The minimum atomic E-state index is -0.869. The van der Waals surface area contributed by atoms with Gasteiger partial charge in [-0.15, -0.1) is 0 Å². The van der Waals surface area contributed by atoms with Crippen molar-refractivity contribution in [3.8, 4) is 0 Å². The number of hydrogen-bond donors (Lipinski definition) is 3. The average Bonchev–Trinajstić information content (AvgIpc) is 2.89. The molecule has 0 radical (unpaired) electrons. The van der Waals surface area contributed by atoms with Crippen LogP contribution in [0.3, 0.4) is 0 Å². The number of amides is 1. The van der Waals surface area contributed by atoms with Crippen LogP contribution < -0.4 is 22.4 Å². The Morgan fingerprint density at radius 2 is 2.35 bits per heavy atom. The normalized spacial score (nSPS) is 10.5. The van der Waals surface area contributed by atoms with Gasteiger partial charge in [0.05, 0.1) is 5.75 Å². The van der Waals surface area contributed by atoms with Crippen molar-refractivity contribution in [2.75, 3.05) is 0 Å². The van der Waals surface area contributed by atoms with E-state index in [0.29, 0.717) is 10.9 Å². The zero-order valence-electron chi connectivity index (χ0n) is 10.2. The maximum Gasteiger partial charge on any atom is 0.339 e. The lowest BCUT2D eigenvalue weighted by molar-refractivity contribution is 0.0944. The number of carbonyl (C=O) groups is 1. The Kier molecular flexibility index (Phi) is 4.00. The highest BCUT2D eigenvalue weighted by Crippen LogP contribution is 2.19. The third-order valence-corrected chi connectivity index (χ3v) is 3.27. The van der Waals surface area contributed by atoms with E-state index in [0.717, 1.165) is 11.8 Å². The number of rotatable bonds is 4. The van der Waals surface area contributed by atoms with Crippen LogP contribution in [0.4, 0.5) is 0 Å². The lowest BCUT2D eigenvalue weighted by Gasteiger charge is -2.03. The van der Waals surface area contributed by atoms with E-state index in [2.05, 4.69) is 15.2 Å². The number of thioether (sulfide) groups is 1. The Morgan fingerprint density at radius 1 is 1.60 bits per heavy atom. The van der Waals surface area contributed by atoms with Crippen LogP contribution in [-0.4, -0.2) is 25.8 Å². The molecule has 2 heterocycles. The quantitative estimate of drug-likeness (QED) is 0.200. The summed E-state index contributed by atoms with van der Waals surface area (Å²) >= 11 is 1.14. The third-order valence-electron chi connectivity index (χ3n) is 2.21. The van der Waals surface area contributed by atoms with E-state index in [1.807, 2.05) is 5.43 Å². The summed E-state index contributed by atoms with van der Waals surface area (Å²) in [5, 5.41) is 6.14. The van der Waals surface area contributed by atoms with E-state index < -0.39 is 17.0 Å². The molecule has 0 aliphatic carbocycles. The summed E-state index contributed by atoms with van der Waals surface area (Å²) in [5.74, 6) is 5.06. The zero-order valence-corrected chi connectivity index (χ0v) is 11.1. The third kappa shape index (κ3) is 2.95. The fraction of sp³-hybridized carbons (Fsp3) is 0.222. The molecule has 0 aliphatic rings. The minimum absolute atomic E-state index is 0.0476. The number of nitrogen functional groups attached to an aromatic ring is 1. The van der Waals surface area contributed by atoms with Gasteiger partial charge < -0.3 is 4.52 Å². The van der Waals surface area contributed by atoms with E-state index in [-0.39, 0.29) is 11.4 Å². The Hall–Kier alpha value is -2.40. The average molecular weight is 298 g/mol.